The van der Waals surface area contributed by atoms with Crippen molar-refractivity contribution in [1.29, 1.82) is 0 Å². The second-order valence-electron chi connectivity index (χ2n) is 4.31. The van der Waals surface area contributed by atoms with Crippen LogP contribution in [-0.4, -0.2) is 23.9 Å². The van der Waals surface area contributed by atoms with Crippen molar-refractivity contribution in [2.24, 2.45) is 0 Å². The number of ether oxygens (including phenoxy) is 2. The molecule has 2 aromatic rings. The molecule has 0 spiro atoms. The molecule has 0 saturated carbocycles. The summed E-state index contributed by atoms with van der Waals surface area (Å²) in [6, 6.07) is 5.66. The number of nitrogens with zero attached hydrogens (tertiary/aromatic N) is 2. The lowest BCUT2D eigenvalue weighted by molar-refractivity contribution is 0.0835. The van der Waals surface area contributed by atoms with E-state index < -0.39 is 0 Å². The Morgan fingerprint density at radius 3 is 3.00 bits per heavy atom. The van der Waals surface area contributed by atoms with Gasteiger partial charge in [-0.1, -0.05) is 5.16 Å². The van der Waals surface area contributed by atoms with Crippen molar-refractivity contribution in [3.63, 3.8) is 0 Å². The SMILES string of the molecule is COc1ccc(-c2noc([C@@H]3CCCO3)n2)cc1Br. The molecule has 5 nitrogen and oxygen atoms in total. The largest absolute Gasteiger partial charge is 0.496 e. The summed E-state index contributed by atoms with van der Waals surface area (Å²) in [5, 5.41) is 4.00. The van der Waals surface area contributed by atoms with Gasteiger partial charge in [0.25, 0.3) is 5.89 Å². The van der Waals surface area contributed by atoms with Crippen molar-refractivity contribution >= 4 is 15.9 Å². The van der Waals surface area contributed by atoms with Crippen LogP contribution in [0, 0.1) is 0 Å². The lowest BCUT2D eigenvalue weighted by atomic mass is 10.2. The monoisotopic (exact) mass is 324 g/mol. The molecule has 19 heavy (non-hydrogen) atoms. The maximum absolute atomic E-state index is 5.52. The van der Waals surface area contributed by atoms with E-state index in [4.69, 9.17) is 14.0 Å². The van der Waals surface area contributed by atoms with E-state index in [1.165, 1.54) is 0 Å². The topological polar surface area (TPSA) is 57.4 Å². The third kappa shape index (κ3) is 2.50. The van der Waals surface area contributed by atoms with Gasteiger partial charge in [-0.3, -0.25) is 0 Å². The van der Waals surface area contributed by atoms with Crippen LogP contribution in [0.2, 0.25) is 0 Å². The van der Waals surface area contributed by atoms with Crippen LogP contribution < -0.4 is 4.74 Å². The lowest BCUT2D eigenvalue weighted by Crippen LogP contribution is -1.95. The van der Waals surface area contributed by atoms with Gasteiger partial charge < -0.3 is 14.0 Å². The molecule has 100 valence electrons. The summed E-state index contributed by atoms with van der Waals surface area (Å²) in [6.45, 7) is 0.760. The smallest absolute Gasteiger partial charge is 0.256 e. The molecule has 2 heterocycles. The number of benzene rings is 1. The molecular weight excluding hydrogens is 312 g/mol. The zero-order chi connectivity index (χ0) is 13.2. The predicted molar refractivity (Wildman–Crippen MR) is 71.9 cm³/mol. The first-order valence-corrected chi connectivity index (χ1v) is 6.86. The van der Waals surface area contributed by atoms with Gasteiger partial charge in [-0.2, -0.15) is 4.98 Å². The fraction of sp³-hybridized carbons (Fsp3) is 0.385. The van der Waals surface area contributed by atoms with E-state index in [0.29, 0.717) is 11.7 Å². The standard InChI is InChI=1S/C13H13BrN2O3/c1-17-10-5-4-8(7-9(10)14)12-15-13(19-16-12)11-3-2-6-18-11/h4-5,7,11H,2-3,6H2,1H3/t11-/m0/s1. The normalized spacial score (nSPS) is 18.7. The highest BCUT2D eigenvalue weighted by atomic mass is 79.9. The van der Waals surface area contributed by atoms with Crippen molar-refractivity contribution in [2.45, 2.75) is 18.9 Å². The van der Waals surface area contributed by atoms with Crippen LogP contribution in [0.4, 0.5) is 0 Å². The molecule has 1 atom stereocenters. The Labute approximate surface area is 119 Å². The number of methoxy groups -OCH3 is 1. The lowest BCUT2D eigenvalue weighted by Gasteiger charge is -2.03. The molecule has 0 aliphatic carbocycles. The fourth-order valence-electron chi connectivity index (χ4n) is 2.06. The van der Waals surface area contributed by atoms with Crippen LogP contribution in [0.1, 0.15) is 24.8 Å². The molecule has 1 aliphatic rings. The van der Waals surface area contributed by atoms with Crippen LogP contribution in [-0.2, 0) is 4.74 Å². The van der Waals surface area contributed by atoms with Crippen LogP contribution in [0.5, 0.6) is 5.75 Å². The van der Waals surface area contributed by atoms with Crippen LogP contribution in [0.15, 0.2) is 27.2 Å². The number of halogens is 1. The van der Waals surface area contributed by atoms with E-state index >= 15 is 0 Å². The number of hydrogen-bond acceptors (Lipinski definition) is 5. The number of hydrogen-bond donors (Lipinski definition) is 0. The molecule has 1 aromatic carbocycles. The second-order valence-corrected chi connectivity index (χ2v) is 5.16. The maximum atomic E-state index is 5.52. The van der Waals surface area contributed by atoms with E-state index in [9.17, 15) is 0 Å². The van der Waals surface area contributed by atoms with Crippen molar-refractivity contribution in [3.8, 4) is 17.1 Å². The molecule has 0 unspecified atom stereocenters. The van der Waals surface area contributed by atoms with Crippen LogP contribution in [0.3, 0.4) is 0 Å². The van der Waals surface area contributed by atoms with Crippen molar-refractivity contribution in [2.75, 3.05) is 13.7 Å². The van der Waals surface area contributed by atoms with Crippen molar-refractivity contribution in [3.05, 3.63) is 28.6 Å². The highest BCUT2D eigenvalue weighted by Crippen LogP contribution is 2.31. The minimum absolute atomic E-state index is 0.0528. The van der Waals surface area contributed by atoms with Gasteiger partial charge in [0.15, 0.2) is 0 Å². The van der Waals surface area contributed by atoms with Gasteiger partial charge in [0.05, 0.1) is 11.6 Å². The second kappa shape index (κ2) is 5.30. The van der Waals surface area contributed by atoms with E-state index in [2.05, 4.69) is 26.1 Å². The van der Waals surface area contributed by atoms with Gasteiger partial charge in [-0.05, 0) is 47.0 Å². The minimum Gasteiger partial charge on any atom is -0.496 e. The molecule has 0 amide bonds. The first-order valence-electron chi connectivity index (χ1n) is 6.07. The quantitative estimate of drug-likeness (QED) is 0.866. The third-order valence-corrected chi connectivity index (χ3v) is 3.68. The molecule has 1 aliphatic heterocycles. The molecule has 1 fully saturated rings. The predicted octanol–water partition coefficient (Wildman–Crippen LogP) is 3.36. The van der Waals surface area contributed by atoms with Gasteiger partial charge >= 0.3 is 0 Å². The van der Waals surface area contributed by atoms with Crippen LogP contribution >= 0.6 is 15.9 Å². The Hall–Kier alpha value is -1.40. The highest BCUT2D eigenvalue weighted by molar-refractivity contribution is 9.10. The van der Waals surface area contributed by atoms with Crippen molar-refractivity contribution in [1.82, 2.24) is 10.1 Å². The van der Waals surface area contributed by atoms with E-state index in [1.54, 1.807) is 7.11 Å². The maximum Gasteiger partial charge on any atom is 0.256 e. The number of rotatable bonds is 3. The molecule has 0 bridgehead atoms. The molecular formula is C13H13BrN2O3. The fourth-order valence-corrected chi connectivity index (χ4v) is 2.60. The molecule has 1 saturated heterocycles. The summed E-state index contributed by atoms with van der Waals surface area (Å²) >= 11 is 3.44. The van der Waals surface area contributed by atoms with Gasteiger partial charge in [0, 0.05) is 12.2 Å². The minimum atomic E-state index is -0.0528. The van der Waals surface area contributed by atoms with Gasteiger partial charge in [-0.15, -0.1) is 0 Å². The highest BCUT2D eigenvalue weighted by Gasteiger charge is 2.24. The summed E-state index contributed by atoms with van der Waals surface area (Å²) in [6.07, 6.45) is 1.92. The number of aromatic nitrogens is 2. The Morgan fingerprint density at radius 1 is 1.42 bits per heavy atom. The Kier molecular flexibility index (Phi) is 3.52. The first kappa shape index (κ1) is 12.6. The van der Waals surface area contributed by atoms with E-state index in [0.717, 1.165) is 35.2 Å². The van der Waals surface area contributed by atoms with Crippen molar-refractivity contribution < 1.29 is 14.0 Å². The molecule has 0 radical (unpaired) electrons. The Bertz CT molecular complexity index is 579. The van der Waals surface area contributed by atoms with E-state index in [-0.39, 0.29) is 6.10 Å². The van der Waals surface area contributed by atoms with Gasteiger partial charge in [0.1, 0.15) is 11.9 Å². The summed E-state index contributed by atoms with van der Waals surface area (Å²) in [7, 11) is 1.63. The molecule has 3 rings (SSSR count). The summed E-state index contributed by atoms with van der Waals surface area (Å²) < 4.78 is 16.8. The zero-order valence-corrected chi connectivity index (χ0v) is 12.0. The average Bonchev–Trinajstić information content (AvgIpc) is 3.09. The Balaban J connectivity index is 1.87. The molecule has 6 heteroatoms. The molecule has 0 N–H and O–H groups in total. The average molecular weight is 325 g/mol. The summed E-state index contributed by atoms with van der Waals surface area (Å²) in [5.74, 6) is 1.89. The third-order valence-electron chi connectivity index (χ3n) is 3.06. The first-order chi connectivity index (χ1) is 9.28. The Morgan fingerprint density at radius 2 is 2.32 bits per heavy atom. The summed E-state index contributed by atoms with van der Waals surface area (Å²) in [4.78, 5) is 4.39. The van der Waals surface area contributed by atoms with E-state index in [1.807, 2.05) is 18.2 Å². The zero-order valence-electron chi connectivity index (χ0n) is 10.4. The summed E-state index contributed by atoms with van der Waals surface area (Å²) in [5.41, 5.74) is 0.876. The van der Waals surface area contributed by atoms with Gasteiger partial charge in [-0.25, -0.2) is 0 Å². The van der Waals surface area contributed by atoms with Crippen LogP contribution in [0.25, 0.3) is 11.4 Å². The van der Waals surface area contributed by atoms with Gasteiger partial charge in [0.2, 0.25) is 5.82 Å². The molecule has 1 aromatic heterocycles.